The lowest BCUT2D eigenvalue weighted by Gasteiger charge is -2.41. The largest absolute Gasteiger partial charge is 0.480 e. The summed E-state index contributed by atoms with van der Waals surface area (Å²) in [5.41, 5.74) is 0. The van der Waals surface area contributed by atoms with E-state index < -0.39 is 5.97 Å². The van der Waals surface area contributed by atoms with Gasteiger partial charge >= 0.3 is 5.97 Å². The van der Waals surface area contributed by atoms with Crippen LogP contribution in [0.3, 0.4) is 0 Å². The Morgan fingerprint density at radius 1 is 1.12 bits per heavy atom. The molecule has 1 N–H and O–H groups in total. The molecule has 3 nitrogen and oxygen atoms in total. The quantitative estimate of drug-likeness (QED) is 0.796. The van der Waals surface area contributed by atoms with Crippen LogP contribution in [0.1, 0.15) is 44.9 Å². The van der Waals surface area contributed by atoms with E-state index in [0.29, 0.717) is 12.0 Å². The highest BCUT2D eigenvalue weighted by Crippen LogP contribution is 2.43. The van der Waals surface area contributed by atoms with Gasteiger partial charge in [-0.25, -0.2) is 0 Å². The molecule has 3 atom stereocenters. The smallest absolute Gasteiger partial charge is 0.321 e. The van der Waals surface area contributed by atoms with E-state index in [1.807, 2.05) is 0 Å². The first-order valence-electron chi connectivity index (χ1n) is 6.76. The van der Waals surface area contributed by atoms with E-state index in [-0.39, 0.29) is 6.04 Å². The van der Waals surface area contributed by atoms with Crippen molar-refractivity contribution >= 4 is 5.97 Å². The van der Waals surface area contributed by atoms with Crippen LogP contribution in [0.5, 0.6) is 0 Å². The van der Waals surface area contributed by atoms with Gasteiger partial charge in [-0.3, -0.25) is 9.69 Å². The average Bonchev–Trinajstić information content (AvgIpc) is 2.95. The highest BCUT2D eigenvalue weighted by molar-refractivity contribution is 5.74. The third-order valence-corrected chi connectivity index (χ3v) is 4.72. The van der Waals surface area contributed by atoms with Crippen LogP contribution in [0.25, 0.3) is 0 Å². The number of likely N-dealkylation sites (tertiary alicyclic amines) is 1. The minimum atomic E-state index is -0.574. The van der Waals surface area contributed by atoms with E-state index in [1.54, 1.807) is 0 Å². The summed E-state index contributed by atoms with van der Waals surface area (Å²) in [4.78, 5) is 13.8. The van der Waals surface area contributed by atoms with Gasteiger partial charge in [0.1, 0.15) is 6.04 Å². The molecule has 0 spiro atoms. The molecule has 0 aromatic carbocycles. The first-order chi connectivity index (χ1) is 7.77. The lowest BCUT2D eigenvalue weighted by molar-refractivity contribution is -0.146. The fourth-order valence-electron chi connectivity index (χ4n) is 3.86. The molecule has 1 aliphatic heterocycles. The van der Waals surface area contributed by atoms with Crippen molar-refractivity contribution in [1.29, 1.82) is 0 Å². The third-order valence-electron chi connectivity index (χ3n) is 4.72. The van der Waals surface area contributed by atoms with Crippen molar-refractivity contribution in [2.24, 2.45) is 11.8 Å². The monoisotopic (exact) mass is 223 g/mol. The molecule has 1 heterocycles. The van der Waals surface area contributed by atoms with Crippen molar-refractivity contribution in [3.63, 3.8) is 0 Å². The number of carboxylic acid groups (broad SMARTS) is 1. The third kappa shape index (κ3) is 1.75. The number of aliphatic carboxylic acids is 1. The van der Waals surface area contributed by atoms with Crippen molar-refractivity contribution in [3.05, 3.63) is 0 Å². The van der Waals surface area contributed by atoms with Crippen LogP contribution in [-0.2, 0) is 4.79 Å². The van der Waals surface area contributed by atoms with E-state index in [0.717, 1.165) is 25.3 Å². The van der Waals surface area contributed by atoms with Crippen LogP contribution >= 0.6 is 0 Å². The fraction of sp³-hybridized carbons (Fsp3) is 0.923. The van der Waals surface area contributed by atoms with Crippen LogP contribution in [0.15, 0.2) is 0 Å². The topological polar surface area (TPSA) is 40.5 Å². The molecule has 16 heavy (non-hydrogen) atoms. The Morgan fingerprint density at radius 2 is 1.88 bits per heavy atom. The number of piperidine rings is 1. The zero-order valence-corrected chi connectivity index (χ0v) is 9.77. The number of carboxylic acids is 1. The zero-order chi connectivity index (χ0) is 11.1. The summed E-state index contributed by atoms with van der Waals surface area (Å²) in [6.07, 6.45) is 8.67. The molecule has 0 amide bonds. The summed E-state index contributed by atoms with van der Waals surface area (Å²) < 4.78 is 0. The Morgan fingerprint density at radius 3 is 2.56 bits per heavy atom. The molecule has 0 aromatic rings. The maximum Gasteiger partial charge on any atom is 0.321 e. The zero-order valence-electron chi connectivity index (χ0n) is 9.77. The van der Waals surface area contributed by atoms with Gasteiger partial charge in [0.05, 0.1) is 0 Å². The predicted octanol–water partition coefficient (Wildman–Crippen LogP) is 2.11. The molecule has 2 saturated carbocycles. The SMILES string of the molecule is O=C(O)C(C1CC1)N1CCCC2CCCC21. The van der Waals surface area contributed by atoms with Crippen molar-refractivity contribution < 1.29 is 9.90 Å². The van der Waals surface area contributed by atoms with Crippen molar-refractivity contribution in [1.82, 2.24) is 4.90 Å². The molecule has 3 fully saturated rings. The number of hydrogen-bond donors (Lipinski definition) is 1. The molecule has 0 aromatic heterocycles. The summed E-state index contributed by atoms with van der Waals surface area (Å²) in [5.74, 6) is 0.682. The molecular formula is C13H21NO2. The van der Waals surface area contributed by atoms with E-state index in [1.165, 1.54) is 32.1 Å². The molecular weight excluding hydrogens is 202 g/mol. The Labute approximate surface area is 96.8 Å². The van der Waals surface area contributed by atoms with Gasteiger partial charge in [-0.05, 0) is 56.9 Å². The van der Waals surface area contributed by atoms with E-state index in [4.69, 9.17) is 0 Å². The summed E-state index contributed by atoms with van der Waals surface area (Å²) in [6.45, 7) is 1.02. The second-order valence-corrected chi connectivity index (χ2v) is 5.76. The molecule has 90 valence electrons. The molecule has 3 unspecified atom stereocenters. The summed E-state index contributed by atoms with van der Waals surface area (Å²) in [5, 5.41) is 9.41. The molecule has 0 bridgehead atoms. The highest BCUT2D eigenvalue weighted by atomic mass is 16.4. The molecule has 3 rings (SSSR count). The maximum absolute atomic E-state index is 11.4. The van der Waals surface area contributed by atoms with Crippen LogP contribution in [0.4, 0.5) is 0 Å². The van der Waals surface area contributed by atoms with Gasteiger partial charge in [0.15, 0.2) is 0 Å². The molecule has 1 saturated heterocycles. The lowest BCUT2D eigenvalue weighted by atomic mass is 9.90. The molecule has 0 radical (unpaired) electrons. The normalized spacial score (nSPS) is 37.0. The van der Waals surface area contributed by atoms with E-state index in [9.17, 15) is 9.90 Å². The minimum absolute atomic E-state index is 0.161. The summed E-state index contributed by atoms with van der Waals surface area (Å²) >= 11 is 0. The van der Waals surface area contributed by atoms with Gasteiger partial charge in [-0.1, -0.05) is 6.42 Å². The van der Waals surface area contributed by atoms with Crippen LogP contribution < -0.4 is 0 Å². The predicted molar refractivity (Wildman–Crippen MR) is 61.2 cm³/mol. The maximum atomic E-state index is 11.4. The summed E-state index contributed by atoms with van der Waals surface area (Å²) in [7, 11) is 0. The fourth-order valence-corrected chi connectivity index (χ4v) is 3.86. The average molecular weight is 223 g/mol. The Kier molecular flexibility index (Phi) is 2.66. The first-order valence-corrected chi connectivity index (χ1v) is 6.76. The van der Waals surface area contributed by atoms with Gasteiger partial charge in [0.25, 0.3) is 0 Å². The number of carbonyl (C=O) groups is 1. The Balaban J connectivity index is 1.77. The van der Waals surface area contributed by atoms with Gasteiger partial charge in [-0.2, -0.15) is 0 Å². The number of hydrogen-bond acceptors (Lipinski definition) is 2. The lowest BCUT2D eigenvalue weighted by Crippen LogP contribution is -2.52. The Bertz CT molecular complexity index is 288. The molecule has 2 aliphatic carbocycles. The van der Waals surface area contributed by atoms with Gasteiger partial charge in [0.2, 0.25) is 0 Å². The van der Waals surface area contributed by atoms with Crippen molar-refractivity contribution in [2.75, 3.05) is 6.54 Å². The number of nitrogens with zero attached hydrogens (tertiary/aromatic N) is 1. The second kappa shape index (κ2) is 4.02. The standard InChI is InChI=1S/C13H21NO2/c15-13(16)12(10-6-7-10)14-8-2-4-9-3-1-5-11(9)14/h9-12H,1-8H2,(H,15,16). The van der Waals surface area contributed by atoms with E-state index in [2.05, 4.69) is 4.90 Å². The number of fused-ring (bicyclic) bond motifs is 1. The Hall–Kier alpha value is -0.570. The van der Waals surface area contributed by atoms with Gasteiger partial charge < -0.3 is 5.11 Å². The van der Waals surface area contributed by atoms with Crippen molar-refractivity contribution in [3.8, 4) is 0 Å². The highest BCUT2D eigenvalue weighted by Gasteiger charge is 2.46. The molecule has 3 aliphatic rings. The van der Waals surface area contributed by atoms with Crippen LogP contribution in [0, 0.1) is 11.8 Å². The van der Waals surface area contributed by atoms with Crippen LogP contribution in [0.2, 0.25) is 0 Å². The van der Waals surface area contributed by atoms with E-state index >= 15 is 0 Å². The summed E-state index contributed by atoms with van der Waals surface area (Å²) in [6, 6.07) is 0.432. The second-order valence-electron chi connectivity index (χ2n) is 5.76. The minimum Gasteiger partial charge on any atom is -0.480 e. The van der Waals surface area contributed by atoms with Gasteiger partial charge in [0, 0.05) is 6.04 Å². The van der Waals surface area contributed by atoms with Crippen LogP contribution in [-0.4, -0.2) is 34.6 Å². The molecule has 3 heteroatoms. The van der Waals surface area contributed by atoms with Gasteiger partial charge in [-0.15, -0.1) is 0 Å². The van der Waals surface area contributed by atoms with Crippen molar-refractivity contribution in [2.45, 2.75) is 57.0 Å². The number of rotatable bonds is 3. The first kappa shape index (κ1) is 10.6.